The van der Waals surface area contributed by atoms with Gasteiger partial charge in [0.2, 0.25) is 0 Å². The Kier molecular flexibility index (Phi) is 6.34. The average molecular weight is 329 g/mol. The second-order valence-electron chi connectivity index (χ2n) is 6.96. The number of carbonyl (C=O) groups excluding carboxylic acids is 1. The third kappa shape index (κ3) is 7.20. The Bertz CT molecular complexity index is 492. The predicted molar refractivity (Wildman–Crippen MR) is 87.9 cm³/mol. The van der Waals surface area contributed by atoms with Gasteiger partial charge in [-0.3, -0.25) is 0 Å². The van der Waals surface area contributed by atoms with Crippen LogP contribution < -0.4 is 10.6 Å². The van der Waals surface area contributed by atoms with Gasteiger partial charge in [0.15, 0.2) is 0 Å². The number of aromatic nitrogens is 1. The molecule has 1 rings (SSSR count). The molecule has 0 saturated heterocycles. The highest BCUT2D eigenvalue weighted by Gasteiger charge is 2.24. The van der Waals surface area contributed by atoms with Gasteiger partial charge in [-0.15, -0.1) is 11.3 Å². The zero-order chi connectivity index (χ0) is 17.0. The van der Waals surface area contributed by atoms with Crippen LogP contribution >= 0.6 is 11.3 Å². The van der Waals surface area contributed by atoms with Gasteiger partial charge < -0.3 is 20.5 Å². The number of thiazole rings is 1. The molecular formula is C15H27N3O3S. The molecule has 1 amide bonds. The summed E-state index contributed by atoms with van der Waals surface area (Å²) in [7, 11) is 0. The second-order valence-corrected chi connectivity index (χ2v) is 8.10. The fourth-order valence-corrected chi connectivity index (χ4v) is 2.54. The fraction of sp³-hybridized carbons (Fsp3) is 0.733. The van der Waals surface area contributed by atoms with Crippen LogP contribution in [0.15, 0.2) is 6.20 Å². The molecule has 1 aromatic rings. The number of aliphatic hydroxyl groups is 1. The molecule has 126 valence electrons. The van der Waals surface area contributed by atoms with Crippen molar-refractivity contribution in [3.05, 3.63) is 16.1 Å². The first-order valence-electron chi connectivity index (χ1n) is 7.33. The van der Waals surface area contributed by atoms with Crippen LogP contribution in [0, 0.1) is 0 Å². The highest BCUT2D eigenvalue weighted by atomic mass is 32.1. The van der Waals surface area contributed by atoms with Gasteiger partial charge in [-0.2, -0.15) is 0 Å². The molecule has 1 aromatic heterocycles. The molecule has 0 bridgehead atoms. The van der Waals surface area contributed by atoms with Crippen molar-refractivity contribution in [2.75, 3.05) is 6.54 Å². The van der Waals surface area contributed by atoms with Gasteiger partial charge in [-0.25, -0.2) is 9.78 Å². The number of hydrogen-bond donors (Lipinski definition) is 3. The molecule has 0 aromatic carbocycles. The lowest BCUT2D eigenvalue weighted by Gasteiger charge is -2.28. The fourth-order valence-electron chi connectivity index (χ4n) is 1.72. The first kappa shape index (κ1) is 18.9. The zero-order valence-electron chi connectivity index (χ0n) is 14.2. The van der Waals surface area contributed by atoms with Gasteiger partial charge in [0, 0.05) is 24.2 Å². The summed E-state index contributed by atoms with van der Waals surface area (Å²) < 4.78 is 5.25. The Hall–Kier alpha value is -1.18. The first-order valence-corrected chi connectivity index (χ1v) is 8.15. The molecule has 0 radical (unpaired) electrons. The lowest BCUT2D eigenvalue weighted by Crippen LogP contribution is -2.51. The van der Waals surface area contributed by atoms with Crippen molar-refractivity contribution in [1.82, 2.24) is 15.6 Å². The normalized spacial score (nSPS) is 13.8. The third-order valence-electron chi connectivity index (χ3n) is 2.63. The lowest BCUT2D eigenvalue weighted by atomic mass is 10.1. The van der Waals surface area contributed by atoms with Crippen LogP contribution in [0.3, 0.4) is 0 Å². The van der Waals surface area contributed by atoms with Gasteiger partial charge in [-0.05, 0) is 41.5 Å². The number of hydrogen-bond acceptors (Lipinski definition) is 6. The molecule has 0 fully saturated rings. The van der Waals surface area contributed by atoms with Gasteiger partial charge in [0.1, 0.15) is 16.7 Å². The Morgan fingerprint density at radius 3 is 2.55 bits per heavy atom. The molecule has 0 aliphatic rings. The van der Waals surface area contributed by atoms with Crippen molar-refractivity contribution < 1.29 is 14.6 Å². The van der Waals surface area contributed by atoms with E-state index in [9.17, 15) is 9.90 Å². The number of nitrogens with zero attached hydrogens (tertiary/aromatic N) is 1. The van der Waals surface area contributed by atoms with E-state index in [1.54, 1.807) is 13.1 Å². The quantitative estimate of drug-likeness (QED) is 0.747. The second kappa shape index (κ2) is 7.39. The molecule has 7 heteroatoms. The van der Waals surface area contributed by atoms with Crippen LogP contribution in [0.2, 0.25) is 0 Å². The van der Waals surface area contributed by atoms with Crippen molar-refractivity contribution in [3.8, 4) is 0 Å². The Labute approximate surface area is 136 Å². The lowest BCUT2D eigenvalue weighted by molar-refractivity contribution is 0.0472. The van der Waals surface area contributed by atoms with Crippen LogP contribution in [0.4, 0.5) is 4.79 Å². The average Bonchev–Trinajstić information content (AvgIpc) is 2.73. The van der Waals surface area contributed by atoms with E-state index in [-0.39, 0.29) is 0 Å². The van der Waals surface area contributed by atoms with Gasteiger partial charge >= 0.3 is 6.09 Å². The van der Waals surface area contributed by atoms with Crippen molar-refractivity contribution in [3.63, 3.8) is 0 Å². The Balaban J connectivity index is 2.40. The van der Waals surface area contributed by atoms with Crippen LogP contribution in [0.25, 0.3) is 0 Å². The summed E-state index contributed by atoms with van der Waals surface area (Å²) in [5.41, 5.74) is -0.937. The van der Waals surface area contributed by atoms with E-state index in [1.807, 2.05) is 34.6 Å². The summed E-state index contributed by atoms with van der Waals surface area (Å²) in [6, 6.07) is 0. The molecular weight excluding hydrogens is 302 g/mol. The van der Waals surface area contributed by atoms with Crippen LogP contribution in [0.5, 0.6) is 0 Å². The Morgan fingerprint density at radius 1 is 1.41 bits per heavy atom. The summed E-state index contributed by atoms with van der Waals surface area (Å²) in [5, 5.41) is 16.3. The maximum Gasteiger partial charge on any atom is 0.408 e. The predicted octanol–water partition coefficient (Wildman–Crippen LogP) is 2.59. The van der Waals surface area contributed by atoms with E-state index in [0.717, 1.165) is 4.88 Å². The standard InChI is InChI=1S/C15H27N3O3S/c1-10(19)12-17-8-11(22-12)7-16-9-15(5,6)18-13(20)21-14(2,3)4/h8,10,16,19H,7,9H2,1-6H3,(H,18,20)/t10-/m0/s1. The van der Waals surface area contributed by atoms with Gasteiger partial charge in [0.05, 0.1) is 5.54 Å². The minimum Gasteiger partial charge on any atom is -0.444 e. The van der Waals surface area contributed by atoms with E-state index < -0.39 is 23.3 Å². The summed E-state index contributed by atoms with van der Waals surface area (Å²) in [5.74, 6) is 0. The Morgan fingerprint density at radius 2 is 2.05 bits per heavy atom. The van der Waals surface area contributed by atoms with Crippen molar-refractivity contribution in [1.29, 1.82) is 0 Å². The van der Waals surface area contributed by atoms with E-state index in [1.165, 1.54) is 11.3 Å². The first-order chi connectivity index (χ1) is 9.98. The molecule has 1 atom stereocenters. The van der Waals surface area contributed by atoms with E-state index in [2.05, 4.69) is 15.6 Å². The van der Waals surface area contributed by atoms with Crippen molar-refractivity contribution >= 4 is 17.4 Å². The zero-order valence-corrected chi connectivity index (χ0v) is 15.0. The summed E-state index contributed by atoms with van der Waals surface area (Å²) in [6.45, 7) is 12.3. The van der Waals surface area contributed by atoms with Crippen molar-refractivity contribution in [2.24, 2.45) is 0 Å². The van der Waals surface area contributed by atoms with Gasteiger partial charge in [0.25, 0.3) is 0 Å². The number of ether oxygens (including phenoxy) is 1. The summed E-state index contributed by atoms with van der Waals surface area (Å²) in [4.78, 5) is 17.0. The van der Waals surface area contributed by atoms with Crippen LogP contribution in [-0.4, -0.2) is 33.9 Å². The van der Waals surface area contributed by atoms with Gasteiger partial charge in [-0.1, -0.05) is 0 Å². The molecule has 0 spiro atoms. The smallest absolute Gasteiger partial charge is 0.408 e. The maximum absolute atomic E-state index is 11.8. The summed E-state index contributed by atoms with van der Waals surface area (Å²) in [6.07, 6.45) is 0.797. The molecule has 0 saturated carbocycles. The van der Waals surface area contributed by atoms with E-state index in [0.29, 0.717) is 18.1 Å². The summed E-state index contributed by atoms with van der Waals surface area (Å²) >= 11 is 1.48. The molecule has 3 N–H and O–H groups in total. The number of alkyl carbamates (subject to hydrolysis) is 1. The highest BCUT2D eigenvalue weighted by molar-refractivity contribution is 7.11. The molecule has 1 heterocycles. The number of carbonyl (C=O) groups is 1. The number of amides is 1. The minimum absolute atomic E-state index is 0.423. The monoisotopic (exact) mass is 329 g/mol. The third-order valence-corrected chi connectivity index (χ3v) is 3.80. The highest BCUT2D eigenvalue weighted by Crippen LogP contribution is 2.19. The molecule has 0 aliphatic carbocycles. The SMILES string of the molecule is C[C@H](O)c1ncc(CNCC(C)(C)NC(=O)OC(C)(C)C)s1. The molecule has 6 nitrogen and oxygen atoms in total. The number of nitrogens with one attached hydrogen (secondary N) is 2. The maximum atomic E-state index is 11.8. The topological polar surface area (TPSA) is 83.5 Å². The van der Waals surface area contributed by atoms with Crippen LogP contribution in [-0.2, 0) is 11.3 Å². The molecule has 0 aliphatic heterocycles. The van der Waals surface area contributed by atoms with Crippen LogP contribution in [0.1, 0.15) is 57.5 Å². The molecule has 22 heavy (non-hydrogen) atoms. The van der Waals surface area contributed by atoms with E-state index in [4.69, 9.17) is 4.74 Å². The van der Waals surface area contributed by atoms with Crippen molar-refractivity contribution in [2.45, 2.75) is 65.3 Å². The molecule has 0 unspecified atom stereocenters. The number of rotatable bonds is 6. The van der Waals surface area contributed by atoms with E-state index >= 15 is 0 Å². The minimum atomic E-state index is -0.538. The number of aliphatic hydroxyl groups excluding tert-OH is 1. The largest absolute Gasteiger partial charge is 0.444 e.